The van der Waals surface area contributed by atoms with Crippen LogP contribution in [0.3, 0.4) is 0 Å². The van der Waals surface area contributed by atoms with Crippen molar-refractivity contribution < 1.29 is 27.5 Å². The van der Waals surface area contributed by atoms with Gasteiger partial charge in [-0.15, -0.1) is 11.3 Å². The molecule has 0 aromatic carbocycles. The fourth-order valence-electron chi connectivity index (χ4n) is 5.14. The van der Waals surface area contributed by atoms with Crippen molar-refractivity contribution in [2.24, 2.45) is 0 Å². The van der Waals surface area contributed by atoms with Gasteiger partial charge in [0, 0.05) is 18.8 Å². The monoisotopic (exact) mass is 569 g/mol. The van der Waals surface area contributed by atoms with Crippen LogP contribution in [-0.2, 0) is 19.6 Å². The summed E-state index contributed by atoms with van der Waals surface area (Å²) in [5, 5.41) is 14.5. The highest BCUT2D eigenvalue weighted by Gasteiger charge is 2.54. The number of carbonyl (C=O) groups excluding carboxylic acids is 3. The van der Waals surface area contributed by atoms with Gasteiger partial charge in [0.15, 0.2) is 18.2 Å². The number of likely N-dealkylation sites (tertiary alicyclic amines) is 1. The molecule has 2 saturated heterocycles. The van der Waals surface area contributed by atoms with Gasteiger partial charge < -0.3 is 15.4 Å². The molecule has 1 N–H and O–H groups in total. The Morgan fingerprint density at radius 3 is 2.77 bits per heavy atom. The number of rotatable bonds is 8. The van der Waals surface area contributed by atoms with Crippen molar-refractivity contribution in [2.75, 3.05) is 13.1 Å². The summed E-state index contributed by atoms with van der Waals surface area (Å²) < 4.78 is 28.0. The number of hydrogen-bond acceptors (Lipinski definition) is 8. The van der Waals surface area contributed by atoms with E-state index >= 15 is 0 Å². The minimum Gasteiger partial charge on any atom is -0.619 e. The number of thiophene rings is 1. The minimum absolute atomic E-state index is 0.182. The van der Waals surface area contributed by atoms with Gasteiger partial charge in [-0.2, -0.15) is 9.04 Å². The predicted molar refractivity (Wildman–Crippen MR) is 142 cm³/mol. The molecule has 204 valence electrons. The lowest BCUT2D eigenvalue weighted by Crippen LogP contribution is -2.52. The Balaban J connectivity index is 1.32. The van der Waals surface area contributed by atoms with Gasteiger partial charge >= 0.3 is 0 Å². The average molecular weight is 570 g/mol. The number of nitrogens with zero attached hydrogens (tertiary/aromatic N) is 4. The Morgan fingerprint density at radius 1 is 1.23 bits per heavy atom. The van der Waals surface area contributed by atoms with Gasteiger partial charge in [0.25, 0.3) is 5.91 Å². The molecule has 3 atom stereocenters. The van der Waals surface area contributed by atoms with Crippen LogP contribution in [0.5, 0.6) is 0 Å². The quantitative estimate of drug-likeness (QED) is 0.320. The van der Waals surface area contributed by atoms with E-state index in [-0.39, 0.29) is 30.2 Å². The van der Waals surface area contributed by atoms with Crippen LogP contribution in [0.25, 0.3) is 10.6 Å². The van der Waals surface area contributed by atoms with Crippen molar-refractivity contribution >= 4 is 39.0 Å². The molecular weight excluding hydrogens is 542 g/mol. The highest BCUT2D eigenvalue weighted by atomic mass is 32.2. The normalized spacial score (nSPS) is 20.1. The van der Waals surface area contributed by atoms with Crippen molar-refractivity contribution in [1.29, 1.82) is 0 Å². The minimum atomic E-state index is -4.12. The first kappa shape index (κ1) is 26.9. The largest absolute Gasteiger partial charge is 0.619 e. The Kier molecular flexibility index (Phi) is 7.47. The molecule has 0 bridgehead atoms. The second-order valence-electron chi connectivity index (χ2n) is 9.44. The summed E-state index contributed by atoms with van der Waals surface area (Å²) in [7, 11) is -4.12. The van der Waals surface area contributed by atoms with Gasteiger partial charge in [-0.1, -0.05) is 19.4 Å². The first-order valence-electron chi connectivity index (χ1n) is 12.6. The van der Waals surface area contributed by atoms with Crippen LogP contribution >= 0.6 is 11.3 Å². The van der Waals surface area contributed by atoms with Crippen molar-refractivity contribution in [3.05, 3.63) is 71.1 Å². The lowest BCUT2D eigenvalue weighted by atomic mass is 10.1. The van der Waals surface area contributed by atoms with Gasteiger partial charge in [0.05, 0.1) is 28.0 Å². The molecule has 0 radical (unpaired) electrons. The molecule has 2 amide bonds. The molecule has 13 heteroatoms. The topological polar surface area (TPSA) is 144 Å². The number of carbonyl (C=O) groups is 3. The number of ketones is 1. The van der Waals surface area contributed by atoms with E-state index in [1.54, 1.807) is 24.4 Å². The van der Waals surface area contributed by atoms with Crippen LogP contribution in [0.1, 0.15) is 35.9 Å². The van der Waals surface area contributed by atoms with E-state index in [2.05, 4.69) is 10.3 Å². The zero-order valence-electron chi connectivity index (χ0n) is 21.1. The summed E-state index contributed by atoms with van der Waals surface area (Å²) in [6, 6.07) is 9.08. The van der Waals surface area contributed by atoms with Gasteiger partial charge in [-0.05, 0) is 43.2 Å². The number of amides is 2. The second kappa shape index (κ2) is 10.8. The molecule has 2 fully saturated rings. The molecule has 0 saturated carbocycles. The number of fused-ring (bicyclic) bond motifs is 1. The third kappa shape index (κ3) is 5.16. The van der Waals surface area contributed by atoms with E-state index in [0.717, 1.165) is 21.1 Å². The van der Waals surface area contributed by atoms with Gasteiger partial charge in [-0.3, -0.25) is 19.4 Å². The van der Waals surface area contributed by atoms with E-state index in [0.29, 0.717) is 22.4 Å². The molecule has 5 rings (SSSR count). The highest BCUT2D eigenvalue weighted by Crippen LogP contribution is 2.34. The zero-order valence-corrected chi connectivity index (χ0v) is 22.7. The lowest BCUT2D eigenvalue weighted by molar-refractivity contribution is -0.607. The molecule has 39 heavy (non-hydrogen) atoms. The summed E-state index contributed by atoms with van der Waals surface area (Å²) in [6.07, 6.45) is 5.04. The fourth-order valence-corrected chi connectivity index (χ4v) is 7.66. The number of aromatic nitrogens is 2. The summed E-state index contributed by atoms with van der Waals surface area (Å²) in [6.45, 7) is 1.69. The molecule has 0 aliphatic carbocycles. The standard InChI is InChI=1S/C26H27N5O6S2/c1-2-6-19(28-25(33)23-10-9-22(38-23)18-8-3-4-12-27-18)26(34)30-14-11-20-24(30)21(32)16-31(20)39(36,37)17-7-5-13-29(35)15-17/h3-5,7-10,12-13,15,19-20,24H,2,6,11,14,16H2,1H3,(H,28,33). The highest BCUT2D eigenvalue weighted by molar-refractivity contribution is 7.89. The Bertz CT molecular complexity index is 1510. The number of hydrogen-bond donors (Lipinski definition) is 1. The first-order chi connectivity index (χ1) is 18.7. The summed E-state index contributed by atoms with van der Waals surface area (Å²) in [5.41, 5.74) is 0.741. The van der Waals surface area contributed by atoms with E-state index in [1.165, 1.54) is 34.6 Å². The van der Waals surface area contributed by atoms with Crippen LogP contribution < -0.4 is 10.0 Å². The maximum absolute atomic E-state index is 13.6. The van der Waals surface area contributed by atoms with Crippen LogP contribution in [0.15, 0.2) is 66.0 Å². The Hall–Kier alpha value is -3.68. The van der Waals surface area contributed by atoms with E-state index in [1.807, 2.05) is 19.1 Å². The van der Waals surface area contributed by atoms with Gasteiger partial charge in [0.2, 0.25) is 15.9 Å². The molecule has 2 aliphatic rings. The van der Waals surface area contributed by atoms with Gasteiger partial charge in [-0.25, -0.2) is 8.42 Å². The number of sulfonamides is 1. The SMILES string of the molecule is CCCC(NC(=O)c1ccc(-c2ccccn2)s1)C(=O)N1CCC2C1C(=O)CN2S(=O)(=O)c1ccc[n+]([O-])c1. The average Bonchev–Trinajstić information content (AvgIpc) is 3.66. The van der Waals surface area contributed by atoms with Crippen molar-refractivity contribution in [3.8, 4) is 10.6 Å². The molecular formula is C26H27N5O6S2. The second-order valence-corrected chi connectivity index (χ2v) is 12.4. The van der Waals surface area contributed by atoms with Crippen LogP contribution in [0, 0.1) is 5.21 Å². The number of Topliss-reactive ketones (excluding diaryl/α,β-unsaturated/α-hetero) is 1. The molecule has 11 nitrogen and oxygen atoms in total. The smallest absolute Gasteiger partial charge is 0.262 e. The van der Waals surface area contributed by atoms with Crippen LogP contribution in [0.4, 0.5) is 0 Å². The van der Waals surface area contributed by atoms with E-state index < -0.39 is 40.0 Å². The molecule has 3 unspecified atom stereocenters. The zero-order chi connectivity index (χ0) is 27.7. The maximum atomic E-state index is 13.6. The number of pyridine rings is 2. The van der Waals surface area contributed by atoms with Crippen molar-refractivity contribution in [1.82, 2.24) is 19.5 Å². The van der Waals surface area contributed by atoms with Gasteiger partial charge in [0.1, 0.15) is 17.0 Å². The lowest BCUT2D eigenvalue weighted by Gasteiger charge is -2.28. The molecule has 3 aromatic rings. The first-order valence-corrected chi connectivity index (χ1v) is 14.8. The fraction of sp³-hybridized carbons (Fsp3) is 0.346. The summed E-state index contributed by atoms with van der Waals surface area (Å²) in [5.74, 6) is -1.20. The van der Waals surface area contributed by atoms with Crippen molar-refractivity contribution in [2.45, 2.75) is 49.2 Å². The van der Waals surface area contributed by atoms with Crippen molar-refractivity contribution in [3.63, 3.8) is 0 Å². The summed E-state index contributed by atoms with van der Waals surface area (Å²) >= 11 is 1.26. The third-order valence-corrected chi connectivity index (χ3v) is 9.90. The molecule has 3 aromatic heterocycles. The maximum Gasteiger partial charge on any atom is 0.262 e. The third-order valence-electron chi connectivity index (χ3n) is 6.94. The summed E-state index contributed by atoms with van der Waals surface area (Å²) in [4.78, 5) is 46.5. The Morgan fingerprint density at radius 2 is 2.05 bits per heavy atom. The van der Waals surface area contributed by atoms with E-state index in [9.17, 15) is 28.0 Å². The van der Waals surface area contributed by atoms with E-state index in [4.69, 9.17) is 0 Å². The molecule has 2 aliphatic heterocycles. The molecule has 0 spiro atoms. The van der Waals surface area contributed by atoms with Crippen LogP contribution in [0.2, 0.25) is 0 Å². The predicted octanol–water partition coefficient (Wildman–Crippen LogP) is 1.59. The Labute approximate surface area is 229 Å². The number of nitrogens with one attached hydrogen (secondary N) is 1. The molecule has 5 heterocycles. The van der Waals surface area contributed by atoms with Crippen LogP contribution in [-0.4, -0.2) is 71.4 Å².